The van der Waals surface area contributed by atoms with Gasteiger partial charge < -0.3 is 4.90 Å². The molecular weight excluding hydrogens is 650 g/mol. The van der Waals surface area contributed by atoms with Crippen LogP contribution in [0.2, 0.25) is 0 Å². The standard InChI is InChI=1S/C39H41FN4.3ClH/c1-27-6-5-7-33(18-27)39-22-31(12-15-42-39)25-43-16-13-38(14-17-43)44(37-10-8-36(40)9-11-37)26-32-21-35(24-41-23-32)34-19-28(2)30(4)29(3)20-34;;;/h5-12,15,18-24,38H,13-14,16-17,25-26H2,1-4H3;3*1H. The minimum absolute atomic E-state index is 0. The van der Waals surface area contributed by atoms with Gasteiger partial charge in [0.25, 0.3) is 0 Å². The molecule has 8 heteroatoms. The summed E-state index contributed by atoms with van der Waals surface area (Å²) < 4.78 is 13.9. The van der Waals surface area contributed by atoms with Crippen molar-refractivity contribution in [3.05, 3.63) is 137 Å². The Morgan fingerprint density at radius 2 is 1.45 bits per heavy atom. The summed E-state index contributed by atoms with van der Waals surface area (Å²) in [6.07, 6.45) is 7.93. The molecule has 3 aromatic carbocycles. The van der Waals surface area contributed by atoms with Gasteiger partial charge in [-0.3, -0.25) is 14.9 Å². The predicted octanol–water partition coefficient (Wildman–Crippen LogP) is 10.1. The Kier molecular flexibility index (Phi) is 13.8. The second-order valence-corrected chi connectivity index (χ2v) is 12.3. The molecule has 1 aliphatic heterocycles. The van der Waals surface area contributed by atoms with Crippen molar-refractivity contribution in [1.29, 1.82) is 0 Å². The van der Waals surface area contributed by atoms with Crippen molar-refractivity contribution in [3.63, 3.8) is 0 Å². The van der Waals surface area contributed by atoms with E-state index < -0.39 is 0 Å². The van der Waals surface area contributed by atoms with Crippen molar-refractivity contribution in [2.75, 3.05) is 18.0 Å². The van der Waals surface area contributed by atoms with Crippen molar-refractivity contribution in [1.82, 2.24) is 14.9 Å². The number of nitrogens with zero attached hydrogens (tertiary/aromatic N) is 4. The van der Waals surface area contributed by atoms with Crippen molar-refractivity contribution in [2.24, 2.45) is 0 Å². The SMILES string of the molecule is Cc1cccc(-c2cc(CN3CCC(N(Cc4cncc(-c5cc(C)c(C)c(C)c5)c4)c4ccc(F)cc4)CC3)ccn2)c1.Cl.Cl.Cl. The van der Waals surface area contributed by atoms with E-state index in [9.17, 15) is 4.39 Å². The molecule has 1 saturated heterocycles. The van der Waals surface area contributed by atoms with Crippen LogP contribution in [0.3, 0.4) is 0 Å². The number of pyridine rings is 2. The molecule has 0 atom stereocenters. The van der Waals surface area contributed by atoms with Crippen LogP contribution in [0, 0.1) is 33.5 Å². The zero-order chi connectivity index (χ0) is 30.6. The summed E-state index contributed by atoms with van der Waals surface area (Å²) in [5.74, 6) is -0.209. The second kappa shape index (κ2) is 17.1. The highest BCUT2D eigenvalue weighted by atomic mass is 35.5. The molecule has 0 N–H and O–H groups in total. The van der Waals surface area contributed by atoms with E-state index in [0.717, 1.165) is 67.1 Å². The molecule has 0 aliphatic carbocycles. The lowest BCUT2D eigenvalue weighted by Gasteiger charge is -2.40. The first-order chi connectivity index (χ1) is 21.3. The van der Waals surface area contributed by atoms with E-state index in [1.54, 1.807) is 12.1 Å². The number of aromatic nitrogens is 2. The average Bonchev–Trinajstić information content (AvgIpc) is 3.03. The van der Waals surface area contributed by atoms with Crippen LogP contribution in [0.4, 0.5) is 10.1 Å². The highest BCUT2D eigenvalue weighted by Crippen LogP contribution is 2.30. The largest absolute Gasteiger partial charge is 0.364 e. The molecule has 0 bridgehead atoms. The normalized spacial score (nSPS) is 13.2. The molecule has 0 radical (unpaired) electrons. The maximum atomic E-state index is 13.9. The monoisotopic (exact) mass is 692 g/mol. The molecule has 248 valence electrons. The molecule has 6 rings (SSSR count). The summed E-state index contributed by atoms with van der Waals surface area (Å²) in [5.41, 5.74) is 13.2. The first kappa shape index (κ1) is 38.0. The molecule has 0 unspecified atom stereocenters. The van der Waals surface area contributed by atoms with Gasteiger partial charge in [-0.05, 0) is 122 Å². The Labute approximate surface area is 297 Å². The van der Waals surface area contributed by atoms with Crippen LogP contribution in [0.25, 0.3) is 22.4 Å². The lowest BCUT2D eigenvalue weighted by atomic mass is 9.96. The van der Waals surface area contributed by atoms with Gasteiger partial charge in [-0.25, -0.2) is 4.39 Å². The lowest BCUT2D eigenvalue weighted by Crippen LogP contribution is -2.44. The average molecular weight is 694 g/mol. The van der Waals surface area contributed by atoms with E-state index in [1.807, 2.05) is 30.7 Å². The Hall–Kier alpha value is -3.48. The third-order valence-corrected chi connectivity index (χ3v) is 9.11. The molecule has 0 spiro atoms. The van der Waals surface area contributed by atoms with Crippen LogP contribution in [0.15, 0.2) is 97.5 Å². The summed E-state index contributed by atoms with van der Waals surface area (Å²) >= 11 is 0. The number of piperidine rings is 1. The fourth-order valence-corrected chi connectivity index (χ4v) is 6.38. The van der Waals surface area contributed by atoms with E-state index >= 15 is 0 Å². The van der Waals surface area contributed by atoms with Gasteiger partial charge in [0.15, 0.2) is 0 Å². The first-order valence-electron chi connectivity index (χ1n) is 15.6. The summed E-state index contributed by atoms with van der Waals surface area (Å²) in [7, 11) is 0. The van der Waals surface area contributed by atoms with Gasteiger partial charge in [0.1, 0.15) is 5.82 Å². The Balaban J connectivity index is 0.00000200. The molecule has 0 saturated carbocycles. The number of likely N-dealkylation sites (tertiary alicyclic amines) is 1. The molecule has 3 heterocycles. The second-order valence-electron chi connectivity index (χ2n) is 12.3. The number of hydrogen-bond acceptors (Lipinski definition) is 4. The minimum atomic E-state index is -0.209. The molecule has 1 fully saturated rings. The maximum Gasteiger partial charge on any atom is 0.123 e. The van der Waals surface area contributed by atoms with Crippen LogP contribution in [0.1, 0.15) is 46.2 Å². The highest BCUT2D eigenvalue weighted by molar-refractivity contribution is 5.86. The quantitative estimate of drug-likeness (QED) is 0.162. The summed E-state index contributed by atoms with van der Waals surface area (Å²) in [5, 5.41) is 0. The Morgan fingerprint density at radius 1 is 0.745 bits per heavy atom. The summed E-state index contributed by atoms with van der Waals surface area (Å²) in [6.45, 7) is 12.3. The smallest absolute Gasteiger partial charge is 0.123 e. The molecule has 4 nitrogen and oxygen atoms in total. The molecule has 2 aromatic heterocycles. The topological polar surface area (TPSA) is 32.3 Å². The van der Waals surface area contributed by atoms with Gasteiger partial charge in [-0.2, -0.15) is 0 Å². The minimum Gasteiger partial charge on any atom is -0.364 e. The van der Waals surface area contributed by atoms with Gasteiger partial charge in [0.05, 0.1) is 5.69 Å². The zero-order valence-corrected chi connectivity index (χ0v) is 29.9. The lowest BCUT2D eigenvalue weighted by molar-refractivity contribution is 0.201. The van der Waals surface area contributed by atoms with E-state index in [1.165, 1.54) is 33.4 Å². The van der Waals surface area contributed by atoms with E-state index in [0.29, 0.717) is 6.04 Å². The maximum absolute atomic E-state index is 13.9. The fourth-order valence-electron chi connectivity index (χ4n) is 6.38. The first-order valence-corrected chi connectivity index (χ1v) is 15.6. The van der Waals surface area contributed by atoms with Crippen LogP contribution < -0.4 is 4.90 Å². The van der Waals surface area contributed by atoms with Gasteiger partial charge in [0, 0.05) is 67.6 Å². The molecule has 0 amide bonds. The van der Waals surface area contributed by atoms with Crippen molar-refractivity contribution >= 4 is 42.9 Å². The van der Waals surface area contributed by atoms with Crippen LogP contribution in [0.5, 0.6) is 0 Å². The predicted molar refractivity (Wildman–Crippen MR) is 201 cm³/mol. The highest BCUT2D eigenvalue weighted by Gasteiger charge is 2.26. The zero-order valence-electron chi connectivity index (χ0n) is 27.4. The van der Waals surface area contributed by atoms with E-state index in [-0.39, 0.29) is 43.0 Å². The fraction of sp³-hybridized carbons (Fsp3) is 0.282. The third kappa shape index (κ3) is 9.33. The van der Waals surface area contributed by atoms with Gasteiger partial charge in [0.2, 0.25) is 0 Å². The van der Waals surface area contributed by atoms with Gasteiger partial charge in [-0.15, -0.1) is 37.2 Å². The third-order valence-electron chi connectivity index (χ3n) is 9.11. The van der Waals surface area contributed by atoms with Crippen molar-refractivity contribution in [3.8, 4) is 22.4 Å². The number of rotatable bonds is 8. The van der Waals surface area contributed by atoms with Gasteiger partial charge >= 0.3 is 0 Å². The van der Waals surface area contributed by atoms with Crippen LogP contribution in [-0.2, 0) is 13.1 Å². The summed E-state index contributed by atoms with van der Waals surface area (Å²) in [4.78, 5) is 14.3. The van der Waals surface area contributed by atoms with Gasteiger partial charge in [-0.1, -0.05) is 35.9 Å². The number of halogens is 4. The number of anilines is 1. The summed E-state index contributed by atoms with van der Waals surface area (Å²) in [6, 6.07) is 27.0. The Morgan fingerprint density at radius 3 is 2.13 bits per heavy atom. The number of hydrogen-bond donors (Lipinski definition) is 0. The Bertz CT molecular complexity index is 1730. The van der Waals surface area contributed by atoms with Crippen LogP contribution in [-0.4, -0.2) is 34.0 Å². The molecule has 5 aromatic rings. The number of aryl methyl sites for hydroxylation is 3. The molecule has 47 heavy (non-hydrogen) atoms. The van der Waals surface area contributed by atoms with Crippen LogP contribution >= 0.6 is 37.2 Å². The van der Waals surface area contributed by atoms with E-state index in [2.05, 4.69) is 102 Å². The number of benzene rings is 3. The van der Waals surface area contributed by atoms with E-state index in [4.69, 9.17) is 0 Å². The molecular formula is C39H44Cl3FN4. The molecule has 1 aliphatic rings. The van der Waals surface area contributed by atoms with Crippen molar-refractivity contribution < 1.29 is 4.39 Å². The van der Waals surface area contributed by atoms with Crippen molar-refractivity contribution in [2.45, 2.75) is 59.7 Å².